The molecule has 1 heterocycles. The number of hydrogen-bond acceptors (Lipinski definition) is 2. The molecule has 0 spiro atoms. The number of fused-ring (bicyclic) bond motifs is 1. The van der Waals surface area contributed by atoms with E-state index >= 15 is 0 Å². The van der Waals surface area contributed by atoms with E-state index < -0.39 is 0 Å². The van der Waals surface area contributed by atoms with Gasteiger partial charge in [0.25, 0.3) is 5.91 Å². The van der Waals surface area contributed by atoms with Crippen LogP contribution in [-0.4, -0.2) is 22.3 Å². The van der Waals surface area contributed by atoms with Crippen LogP contribution < -0.4 is 5.32 Å². The van der Waals surface area contributed by atoms with E-state index in [4.69, 9.17) is 0 Å². The van der Waals surface area contributed by atoms with E-state index in [1.165, 1.54) is 0 Å². The first-order valence-electron chi connectivity index (χ1n) is 7.26. The number of hydrogen-bond donors (Lipinski definition) is 1. The highest BCUT2D eigenvalue weighted by atomic mass is 79.9. The third-order valence-electron chi connectivity index (χ3n) is 3.63. The maximum atomic E-state index is 12.6. The third kappa shape index (κ3) is 3.82. The number of carbonyl (C=O) groups is 1. The standard InChI is InChI=1S/C17H21BrN2O/c1-11(2)15(8-9-18)20-17(21)14-10-12(3)19-16-7-5-4-6-13(14)16/h4-7,10-11,15H,8-9H2,1-3H3,(H,20,21). The van der Waals surface area contributed by atoms with Crippen LogP contribution >= 0.6 is 15.9 Å². The lowest BCUT2D eigenvalue weighted by atomic mass is 10.0. The number of aromatic nitrogens is 1. The van der Waals surface area contributed by atoms with Crippen LogP contribution in [0.3, 0.4) is 0 Å². The van der Waals surface area contributed by atoms with Gasteiger partial charge >= 0.3 is 0 Å². The molecular weight excluding hydrogens is 328 g/mol. The summed E-state index contributed by atoms with van der Waals surface area (Å²) in [4.78, 5) is 17.1. The first-order chi connectivity index (χ1) is 10.0. The first-order valence-corrected chi connectivity index (χ1v) is 8.38. The summed E-state index contributed by atoms with van der Waals surface area (Å²) in [5, 5.41) is 4.94. The minimum Gasteiger partial charge on any atom is -0.349 e. The fourth-order valence-corrected chi connectivity index (χ4v) is 2.92. The molecule has 1 unspecified atom stereocenters. The lowest BCUT2D eigenvalue weighted by molar-refractivity contribution is 0.0926. The van der Waals surface area contributed by atoms with Crippen LogP contribution in [0.15, 0.2) is 30.3 Å². The Balaban J connectivity index is 2.34. The number of halogens is 1. The SMILES string of the molecule is Cc1cc(C(=O)NC(CCBr)C(C)C)c2ccccc2n1. The molecule has 0 radical (unpaired) electrons. The molecule has 21 heavy (non-hydrogen) atoms. The van der Waals surface area contributed by atoms with Crippen LogP contribution in [0.25, 0.3) is 10.9 Å². The van der Waals surface area contributed by atoms with Crippen LogP contribution in [0, 0.1) is 12.8 Å². The molecule has 0 aliphatic rings. The van der Waals surface area contributed by atoms with Gasteiger partial charge in [-0.15, -0.1) is 0 Å². The van der Waals surface area contributed by atoms with Gasteiger partial charge in [-0.25, -0.2) is 0 Å². The van der Waals surface area contributed by atoms with Gasteiger partial charge in [-0.05, 0) is 31.4 Å². The fourth-order valence-electron chi connectivity index (χ4n) is 2.43. The number of nitrogens with zero attached hydrogens (tertiary/aromatic N) is 1. The molecule has 0 aliphatic carbocycles. The zero-order valence-electron chi connectivity index (χ0n) is 12.7. The third-order valence-corrected chi connectivity index (χ3v) is 4.09. The highest BCUT2D eigenvalue weighted by Gasteiger charge is 2.18. The van der Waals surface area contributed by atoms with E-state index in [9.17, 15) is 4.79 Å². The molecule has 2 aromatic rings. The fraction of sp³-hybridized carbons (Fsp3) is 0.412. The van der Waals surface area contributed by atoms with Crippen molar-refractivity contribution in [1.29, 1.82) is 0 Å². The Bertz CT molecular complexity index is 640. The largest absolute Gasteiger partial charge is 0.349 e. The Morgan fingerprint density at radius 2 is 2.05 bits per heavy atom. The molecule has 2 rings (SSSR count). The van der Waals surface area contributed by atoms with Gasteiger partial charge in [0.15, 0.2) is 0 Å². The molecule has 0 fully saturated rings. The topological polar surface area (TPSA) is 42.0 Å². The summed E-state index contributed by atoms with van der Waals surface area (Å²) < 4.78 is 0. The van der Waals surface area contributed by atoms with Crippen LogP contribution in [-0.2, 0) is 0 Å². The molecule has 3 nitrogen and oxygen atoms in total. The van der Waals surface area contributed by atoms with Crippen molar-refractivity contribution in [3.63, 3.8) is 0 Å². The van der Waals surface area contributed by atoms with Gasteiger partial charge in [-0.1, -0.05) is 48.0 Å². The smallest absolute Gasteiger partial charge is 0.252 e. The van der Waals surface area contributed by atoms with Crippen LogP contribution in [0.5, 0.6) is 0 Å². The second kappa shape index (κ2) is 7.03. The first kappa shape index (κ1) is 16.0. The lowest BCUT2D eigenvalue weighted by Gasteiger charge is -2.22. The molecule has 1 aromatic heterocycles. The molecule has 0 saturated heterocycles. The quantitative estimate of drug-likeness (QED) is 0.827. The van der Waals surface area contributed by atoms with Crippen molar-refractivity contribution in [2.75, 3.05) is 5.33 Å². The van der Waals surface area contributed by atoms with Crippen molar-refractivity contribution in [1.82, 2.24) is 10.3 Å². The second-order valence-corrected chi connectivity index (χ2v) is 6.42. The van der Waals surface area contributed by atoms with Crippen LogP contribution in [0.2, 0.25) is 0 Å². The van der Waals surface area contributed by atoms with Gasteiger partial charge in [-0.3, -0.25) is 9.78 Å². The summed E-state index contributed by atoms with van der Waals surface area (Å²) in [7, 11) is 0. The van der Waals surface area contributed by atoms with Crippen molar-refractivity contribution in [2.24, 2.45) is 5.92 Å². The number of rotatable bonds is 5. The van der Waals surface area contributed by atoms with E-state index in [2.05, 4.69) is 40.1 Å². The maximum absolute atomic E-state index is 12.6. The highest BCUT2D eigenvalue weighted by Crippen LogP contribution is 2.19. The summed E-state index contributed by atoms with van der Waals surface area (Å²) in [6, 6.07) is 9.81. The summed E-state index contributed by atoms with van der Waals surface area (Å²) in [5.41, 5.74) is 2.43. The summed E-state index contributed by atoms with van der Waals surface area (Å²) in [6.07, 6.45) is 0.922. The average molecular weight is 349 g/mol. The Kier molecular flexibility index (Phi) is 5.34. The predicted molar refractivity (Wildman–Crippen MR) is 91.0 cm³/mol. The average Bonchev–Trinajstić information content (AvgIpc) is 2.45. The number of pyridine rings is 1. The van der Waals surface area contributed by atoms with Gasteiger partial charge < -0.3 is 5.32 Å². The normalized spacial score (nSPS) is 12.6. The molecule has 0 aliphatic heterocycles. The Morgan fingerprint density at radius 3 is 2.71 bits per heavy atom. The van der Waals surface area contributed by atoms with Gasteiger partial charge in [-0.2, -0.15) is 0 Å². The van der Waals surface area contributed by atoms with Crippen molar-refractivity contribution in [2.45, 2.75) is 33.2 Å². The highest BCUT2D eigenvalue weighted by molar-refractivity contribution is 9.09. The Morgan fingerprint density at radius 1 is 1.33 bits per heavy atom. The monoisotopic (exact) mass is 348 g/mol. The molecule has 0 saturated carbocycles. The van der Waals surface area contributed by atoms with Gasteiger partial charge in [0.05, 0.1) is 11.1 Å². The number of benzene rings is 1. The van der Waals surface area contributed by atoms with Gasteiger partial charge in [0, 0.05) is 22.5 Å². The van der Waals surface area contributed by atoms with Crippen molar-refractivity contribution in [3.05, 3.63) is 41.6 Å². The van der Waals surface area contributed by atoms with Gasteiger partial charge in [0.2, 0.25) is 0 Å². The number of alkyl halides is 1. The minimum absolute atomic E-state index is 0.0173. The van der Waals surface area contributed by atoms with Crippen LogP contribution in [0.1, 0.15) is 36.3 Å². The zero-order chi connectivity index (χ0) is 15.4. The molecule has 112 valence electrons. The molecule has 1 aromatic carbocycles. The van der Waals surface area contributed by atoms with Crippen LogP contribution in [0.4, 0.5) is 0 Å². The number of amides is 1. The number of nitrogens with one attached hydrogen (secondary N) is 1. The Labute approximate surface area is 134 Å². The molecule has 1 atom stereocenters. The van der Waals surface area contributed by atoms with Gasteiger partial charge in [0.1, 0.15) is 0 Å². The van der Waals surface area contributed by atoms with E-state index in [-0.39, 0.29) is 11.9 Å². The molecule has 4 heteroatoms. The molecule has 0 bridgehead atoms. The molecule has 1 amide bonds. The number of carbonyl (C=O) groups excluding carboxylic acids is 1. The minimum atomic E-state index is -0.0173. The van der Waals surface area contributed by atoms with E-state index in [0.29, 0.717) is 11.5 Å². The Hall–Kier alpha value is -1.42. The second-order valence-electron chi connectivity index (χ2n) is 5.63. The number of para-hydroxylation sites is 1. The number of aryl methyl sites for hydroxylation is 1. The summed E-state index contributed by atoms with van der Waals surface area (Å²) >= 11 is 3.45. The predicted octanol–water partition coefficient (Wildman–Crippen LogP) is 4.08. The summed E-state index contributed by atoms with van der Waals surface area (Å²) in [5.74, 6) is 0.386. The lowest BCUT2D eigenvalue weighted by Crippen LogP contribution is -2.39. The van der Waals surface area contributed by atoms with Crippen molar-refractivity contribution >= 4 is 32.7 Å². The van der Waals surface area contributed by atoms with Crippen molar-refractivity contribution in [3.8, 4) is 0 Å². The van der Waals surface area contributed by atoms with E-state index in [1.807, 2.05) is 37.3 Å². The van der Waals surface area contributed by atoms with E-state index in [1.54, 1.807) is 0 Å². The van der Waals surface area contributed by atoms with Crippen molar-refractivity contribution < 1.29 is 4.79 Å². The summed E-state index contributed by atoms with van der Waals surface area (Å²) in [6.45, 7) is 6.18. The maximum Gasteiger partial charge on any atom is 0.252 e. The zero-order valence-corrected chi connectivity index (χ0v) is 14.3. The molecule has 1 N–H and O–H groups in total. The molecular formula is C17H21BrN2O. The van der Waals surface area contributed by atoms with E-state index in [0.717, 1.165) is 28.3 Å².